The van der Waals surface area contributed by atoms with Crippen molar-refractivity contribution >= 4 is 46.4 Å². The summed E-state index contributed by atoms with van der Waals surface area (Å²) in [5.74, 6) is -2.41. The van der Waals surface area contributed by atoms with Crippen molar-refractivity contribution in [2.75, 3.05) is 20.3 Å². The molecule has 0 aliphatic carbocycles. The average Bonchev–Trinajstić information content (AvgIpc) is 3.41. The van der Waals surface area contributed by atoms with E-state index in [0.717, 1.165) is 0 Å². The third-order valence-corrected chi connectivity index (χ3v) is 7.80. The molecule has 0 radical (unpaired) electrons. The van der Waals surface area contributed by atoms with Crippen molar-refractivity contribution in [1.29, 1.82) is 5.26 Å². The monoisotopic (exact) mass is 689 g/mol. The molecule has 0 fully saturated rings. The molecule has 9 nitrogen and oxygen atoms in total. The molecule has 3 heterocycles. The highest BCUT2D eigenvalue weighted by Gasteiger charge is 2.43. The first-order valence-electron chi connectivity index (χ1n) is 14.4. The lowest BCUT2D eigenvalue weighted by atomic mass is 9.95. The molecule has 2 amide bonds. The number of halogens is 5. The van der Waals surface area contributed by atoms with Crippen molar-refractivity contribution in [3.63, 3.8) is 0 Å². The number of nitrogens with one attached hydrogen (secondary N) is 1. The Morgan fingerprint density at radius 2 is 1.87 bits per heavy atom. The molecule has 5 rings (SSSR count). The zero-order valence-corrected chi connectivity index (χ0v) is 27.6. The standard InChI is InChI=1S/C30H23Cl2F3N4O3.C2H6.CH3NO/c1-14-13-42-28-20(14)10-24(39-27(28)16-4-5-17(11-36)23(32)7-16)21(30(33,34)35)12-37-29(40)19-6-18-8-22(31)15(2)38-26(18)25(9-19)41-3;1-2;2-1-3/h4-10,14,21H,12-13H2,1-3H3,(H,37,40);1-2H3;1H,(H2,2,3). The number of aromatic nitrogens is 2. The van der Waals surface area contributed by atoms with Gasteiger partial charge in [-0.1, -0.05) is 50.0 Å². The maximum Gasteiger partial charge on any atom is 0.398 e. The number of rotatable bonds is 6. The zero-order valence-electron chi connectivity index (χ0n) is 26.1. The Bertz CT molecular complexity index is 1830. The van der Waals surface area contributed by atoms with Gasteiger partial charge >= 0.3 is 6.18 Å². The van der Waals surface area contributed by atoms with Gasteiger partial charge in [0.1, 0.15) is 34.7 Å². The van der Waals surface area contributed by atoms with Crippen LogP contribution >= 0.6 is 23.2 Å². The molecule has 248 valence electrons. The number of nitriles is 1. The van der Waals surface area contributed by atoms with Crippen LogP contribution in [0.5, 0.6) is 11.5 Å². The van der Waals surface area contributed by atoms with Gasteiger partial charge in [-0.05, 0) is 43.3 Å². The Morgan fingerprint density at radius 1 is 1.19 bits per heavy atom. The van der Waals surface area contributed by atoms with Crippen LogP contribution in [-0.2, 0) is 4.79 Å². The number of ether oxygens (including phenoxy) is 2. The minimum absolute atomic E-state index is 0.0823. The zero-order chi connectivity index (χ0) is 35.1. The largest absolute Gasteiger partial charge is 0.494 e. The molecule has 2 unspecified atom stereocenters. The number of nitrogens with two attached hydrogens (primary N) is 1. The molecule has 2 aromatic carbocycles. The molecule has 0 bridgehead atoms. The van der Waals surface area contributed by atoms with Crippen LogP contribution in [-0.4, -0.2) is 48.7 Å². The fourth-order valence-corrected chi connectivity index (χ4v) is 5.19. The molecule has 0 saturated carbocycles. The molecule has 2 atom stereocenters. The first-order valence-corrected chi connectivity index (χ1v) is 15.1. The van der Waals surface area contributed by atoms with Crippen LogP contribution in [0.2, 0.25) is 10.0 Å². The molecule has 1 aliphatic heterocycles. The topological polar surface area (TPSA) is 140 Å². The summed E-state index contributed by atoms with van der Waals surface area (Å²) in [6, 6.07) is 12.4. The van der Waals surface area contributed by atoms with E-state index in [1.54, 1.807) is 19.1 Å². The van der Waals surface area contributed by atoms with E-state index in [9.17, 15) is 23.2 Å². The number of hydrogen-bond donors (Lipinski definition) is 2. The molecule has 2 aromatic heterocycles. The average molecular weight is 691 g/mol. The van der Waals surface area contributed by atoms with Gasteiger partial charge < -0.3 is 20.5 Å². The van der Waals surface area contributed by atoms with Gasteiger partial charge in [-0.3, -0.25) is 9.59 Å². The number of alkyl halides is 3. The highest BCUT2D eigenvalue weighted by atomic mass is 35.5. The number of amides is 2. The van der Waals surface area contributed by atoms with Gasteiger partial charge in [-0.25, -0.2) is 9.97 Å². The number of carbonyl (C=O) groups is 2. The second-order valence-electron chi connectivity index (χ2n) is 10.1. The third-order valence-electron chi connectivity index (χ3n) is 7.11. The van der Waals surface area contributed by atoms with Crippen molar-refractivity contribution in [2.45, 2.75) is 45.7 Å². The van der Waals surface area contributed by atoms with Crippen LogP contribution < -0.4 is 20.5 Å². The number of nitrogens with zero attached hydrogens (tertiary/aromatic N) is 3. The first-order chi connectivity index (χ1) is 22.3. The van der Waals surface area contributed by atoms with Gasteiger partial charge in [0.25, 0.3) is 5.91 Å². The molecular weight excluding hydrogens is 658 g/mol. The van der Waals surface area contributed by atoms with Crippen molar-refractivity contribution in [3.8, 4) is 28.8 Å². The van der Waals surface area contributed by atoms with E-state index >= 15 is 0 Å². The predicted molar refractivity (Wildman–Crippen MR) is 174 cm³/mol. The Hall–Kier alpha value is -4.60. The van der Waals surface area contributed by atoms with E-state index in [2.05, 4.69) is 21.0 Å². The van der Waals surface area contributed by atoms with Gasteiger partial charge in [-0.15, -0.1) is 0 Å². The minimum Gasteiger partial charge on any atom is -0.494 e. The maximum absolute atomic E-state index is 14.5. The molecule has 0 spiro atoms. The lowest BCUT2D eigenvalue weighted by Crippen LogP contribution is -2.35. The molecule has 4 aromatic rings. The number of methoxy groups -OCH3 is 1. The van der Waals surface area contributed by atoms with Crippen LogP contribution in [0.3, 0.4) is 0 Å². The van der Waals surface area contributed by atoms with E-state index < -0.39 is 24.5 Å². The lowest BCUT2D eigenvalue weighted by Gasteiger charge is -2.22. The SMILES string of the molecule is CC.COc1cc(C(=O)NCC(c2cc3c(c(-c4ccc(C#N)c(Cl)c4)n2)OCC3C)C(F)(F)F)cc2cc(Cl)c(C)nc12.NC=O. The summed E-state index contributed by atoms with van der Waals surface area (Å²) in [5, 5.41) is 12.6. The lowest BCUT2D eigenvalue weighted by molar-refractivity contribution is -0.149. The maximum atomic E-state index is 14.5. The highest BCUT2D eigenvalue weighted by molar-refractivity contribution is 6.32. The van der Waals surface area contributed by atoms with Crippen LogP contribution in [0.25, 0.3) is 22.2 Å². The Kier molecular flexibility index (Phi) is 12.4. The number of benzene rings is 2. The number of fused-ring (bicyclic) bond motifs is 2. The van der Waals surface area contributed by atoms with E-state index in [1.165, 1.54) is 37.4 Å². The van der Waals surface area contributed by atoms with Gasteiger partial charge in [0.05, 0.1) is 40.7 Å². The first kappa shape index (κ1) is 36.9. The third kappa shape index (κ3) is 8.22. The number of primary amides is 1. The number of carbonyl (C=O) groups excluding carboxylic acids is 2. The van der Waals surface area contributed by atoms with E-state index in [4.69, 9.17) is 37.5 Å². The molecular formula is C33H32Cl2F3N5O4. The summed E-state index contributed by atoms with van der Waals surface area (Å²) in [7, 11) is 1.41. The fraction of sp³-hybridized carbons (Fsp3) is 0.303. The predicted octanol–water partition coefficient (Wildman–Crippen LogP) is 7.49. The number of pyridine rings is 2. The fourth-order valence-electron chi connectivity index (χ4n) is 4.81. The molecule has 47 heavy (non-hydrogen) atoms. The van der Waals surface area contributed by atoms with E-state index in [1.807, 2.05) is 26.8 Å². The molecule has 3 N–H and O–H groups in total. The Balaban J connectivity index is 0.00000114. The van der Waals surface area contributed by atoms with Gasteiger partial charge in [0.2, 0.25) is 6.41 Å². The summed E-state index contributed by atoms with van der Waals surface area (Å²) >= 11 is 12.4. The summed E-state index contributed by atoms with van der Waals surface area (Å²) in [5.41, 5.74) is 6.37. The second kappa shape index (κ2) is 15.8. The summed E-state index contributed by atoms with van der Waals surface area (Å²) in [6.45, 7) is 7.06. The second-order valence-corrected chi connectivity index (χ2v) is 10.9. The van der Waals surface area contributed by atoms with Crippen molar-refractivity contribution in [1.82, 2.24) is 15.3 Å². The Morgan fingerprint density at radius 3 is 2.47 bits per heavy atom. The normalized spacial score (nSPS) is 13.9. The van der Waals surface area contributed by atoms with Crippen LogP contribution in [0.15, 0.2) is 42.5 Å². The quantitative estimate of drug-likeness (QED) is 0.200. The number of hydrogen-bond acceptors (Lipinski definition) is 7. The van der Waals surface area contributed by atoms with Crippen LogP contribution in [0.1, 0.15) is 65.5 Å². The smallest absolute Gasteiger partial charge is 0.398 e. The highest BCUT2D eigenvalue weighted by Crippen LogP contribution is 2.44. The molecule has 0 saturated heterocycles. The van der Waals surface area contributed by atoms with Gasteiger partial charge in [-0.2, -0.15) is 18.4 Å². The summed E-state index contributed by atoms with van der Waals surface area (Å²) in [4.78, 5) is 30.5. The van der Waals surface area contributed by atoms with E-state index in [-0.39, 0.29) is 52.2 Å². The molecule has 14 heteroatoms. The van der Waals surface area contributed by atoms with Crippen LogP contribution in [0.4, 0.5) is 13.2 Å². The summed E-state index contributed by atoms with van der Waals surface area (Å²) < 4.78 is 54.6. The molecule has 1 aliphatic rings. The number of aryl methyl sites for hydroxylation is 1. The van der Waals surface area contributed by atoms with Gasteiger partial charge in [0.15, 0.2) is 0 Å². The van der Waals surface area contributed by atoms with E-state index in [0.29, 0.717) is 38.5 Å². The Labute approximate surface area is 279 Å². The summed E-state index contributed by atoms with van der Waals surface area (Å²) in [6.07, 6.45) is -4.49. The van der Waals surface area contributed by atoms with Crippen LogP contribution in [0, 0.1) is 18.3 Å². The van der Waals surface area contributed by atoms with Crippen molar-refractivity contribution in [3.05, 3.63) is 80.6 Å². The van der Waals surface area contributed by atoms with Crippen molar-refractivity contribution < 1.29 is 32.2 Å². The van der Waals surface area contributed by atoms with Gasteiger partial charge in [0, 0.05) is 34.5 Å². The van der Waals surface area contributed by atoms with Crippen molar-refractivity contribution in [2.24, 2.45) is 5.73 Å². The minimum atomic E-state index is -4.74.